The molecule has 0 amide bonds. The van der Waals surface area contributed by atoms with E-state index >= 15 is 0 Å². The van der Waals surface area contributed by atoms with Gasteiger partial charge in [0.1, 0.15) is 22.5 Å². The van der Waals surface area contributed by atoms with Crippen molar-refractivity contribution in [1.82, 2.24) is 24.6 Å². The first kappa shape index (κ1) is 19.8. The van der Waals surface area contributed by atoms with Crippen LogP contribution in [0.15, 0.2) is 35.2 Å². The van der Waals surface area contributed by atoms with Gasteiger partial charge < -0.3 is 14.1 Å². The summed E-state index contributed by atoms with van der Waals surface area (Å²) in [4.78, 5) is 5.90. The maximum atomic E-state index is 12.8. The number of hydrogen-bond acceptors (Lipinski definition) is 6. The van der Waals surface area contributed by atoms with Crippen LogP contribution in [0.25, 0.3) is 33.4 Å². The number of phenolic OH excluding ortho intramolecular Hbond substituents is 1. The number of hydrogen-bond donors (Lipinski definition) is 1. The molecule has 1 atom stereocenters. The Morgan fingerprint density at radius 1 is 1.23 bits per heavy atom. The average molecular weight is 431 g/mol. The number of nitrogens with zero attached hydrogens (tertiary/aromatic N) is 5. The van der Waals surface area contributed by atoms with Gasteiger partial charge in [0, 0.05) is 23.7 Å². The summed E-state index contributed by atoms with van der Waals surface area (Å²) >= 11 is 0. The predicted molar refractivity (Wildman–Crippen MR) is 108 cm³/mol. The van der Waals surface area contributed by atoms with E-state index in [-0.39, 0.29) is 18.3 Å². The first-order chi connectivity index (χ1) is 14.8. The normalized spacial score (nSPS) is 18.3. The number of alkyl halides is 3. The van der Waals surface area contributed by atoms with Crippen LogP contribution in [-0.2, 0) is 0 Å². The molecule has 10 heteroatoms. The highest BCUT2D eigenvalue weighted by Gasteiger charge is 2.34. The highest BCUT2D eigenvalue weighted by Crippen LogP contribution is 2.38. The second-order valence-corrected chi connectivity index (χ2v) is 7.94. The summed E-state index contributed by atoms with van der Waals surface area (Å²) in [6.45, 7) is 1.64. The quantitative estimate of drug-likeness (QED) is 0.516. The second kappa shape index (κ2) is 7.23. The summed E-state index contributed by atoms with van der Waals surface area (Å²) in [6, 6.07) is 5.00. The zero-order chi connectivity index (χ0) is 21.8. The van der Waals surface area contributed by atoms with Crippen molar-refractivity contribution in [2.45, 2.75) is 32.0 Å². The van der Waals surface area contributed by atoms with Gasteiger partial charge in [-0.15, -0.1) is 10.2 Å². The number of furan rings is 1. The van der Waals surface area contributed by atoms with E-state index in [1.807, 2.05) is 11.5 Å². The van der Waals surface area contributed by atoms with E-state index in [0.29, 0.717) is 46.4 Å². The number of imidazole rings is 1. The van der Waals surface area contributed by atoms with Crippen LogP contribution in [0.1, 0.15) is 24.4 Å². The van der Waals surface area contributed by atoms with Gasteiger partial charge in [-0.1, -0.05) is 0 Å². The zero-order valence-electron chi connectivity index (χ0n) is 16.7. The van der Waals surface area contributed by atoms with Crippen LogP contribution in [0.5, 0.6) is 5.75 Å². The monoisotopic (exact) mass is 431 g/mol. The Labute approximate surface area is 175 Å². The molecular weight excluding hydrogens is 411 g/mol. The van der Waals surface area contributed by atoms with E-state index in [2.05, 4.69) is 15.2 Å². The summed E-state index contributed by atoms with van der Waals surface area (Å²) in [5, 5.41) is 19.9. The zero-order valence-corrected chi connectivity index (χ0v) is 16.7. The average Bonchev–Trinajstić information content (AvgIpc) is 3.36. The summed E-state index contributed by atoms with van der Waals surface area (Å²) in [6.07, 6.45) is 0.326. The van der Waals surface area contributed by atoms with E-state index in [1.165, 1.54) is 11.2 Å². The fourth-order valence-corrected chi connectivity index (χ4v) is 4.40. The minimum Gasteiger partial charge on any atom is -0.506 e. The number of fused-ring (bicyclic) bond motifs is 2. The molecule has 0 spiro atoms. The fourth-order valence-electron chi connectivity index (χ4n) is 4.40. The molecule has 1 aliphatic rings. The van der Waals surface area contributed by atoms with Gasteiger partial charge in [0.2, 0.25) is 0 Å². The molecule has 1 aromatic carbocycles. The first-order valence-corrected chi connectivity index (χ1v) is 10.0. The molecule has 0 radical (unpaired) electrons. The van der Waals surface area contributed by atoms with Gasteiger partial charge in [-0.25, -0.2) is 4.98 Å². The van der Waals surface area contributed by atoms with Crippen LogP contribution in [0.2, 0.25) is 0 Å². The van der Waals surface area contributed by atoms with E-state index in [9.17, 15) is 18.3 Å². The summed E-state index contributed by atoms with van der Waals surface area (Å²) < 4.78 is 45.6. The van der Waals surface area contributed by atoms with Crippen molar-refractivity contribution in [2.75, 3.05) is 19.6 Å². The molecule has 0 bridgehead atoms. The fraction of sp³-hybridized carbons (Fsp3) is 0.381. The first-order valence-electron chi connectivity index (χ1n) is 10.0. The maximum Gasteiger partial charge on any atom is 0.401 e. The largest absolute Gasteiger partial charge is 0.506 e. The number of aryl methyl sites for hydroxylation is 1. The van der Waals surface area contributed by atoms with Crippen molar-refractivity contribution in [3.8, 4) is 17.0 Å². The lowest BCUT2D eigenvalue weighted by Crippen LogP contribution is -2.41. The van der Waals surface area contributed by atoms with E-state index in [0.717, 1.165) is 12.0 Å². The Morgan fingerprint density at radius 2 is 2.06 bits per heavy atom. The van der Waals surface area contributed by atoms with Crippen LogP contribution in [0.3, 0.4) is 0 Å². The lowest BCUT2D eigenvalue weighted by molar-refractivity contribution is -0.149. The van der Waals surface area contributed by atoms with E-state index < -0.39 is 12.7 Å². The third-order valence-electron chi connectivity index (χ3n) is 5.86. The van der Waals surface area contributed by atoms with Gasteiger partial charge in [0.15, 0.2) is 5.65 Å². The van der Waals surface area contributed by atoms with Crippen LogP contribution in [0.4, 0.5) is 13.2 Å². The number of rotatable bonds is 3. The minimum absolute atomic E-state index is 0.0532. The van der Waals surface area contributed by atoms with E-state index in [1.54, 1.807) is 24.5 Å². The molecule has 5 rings (SSSR count). The van der Waals surface area contributed by atoms with Gasteiger partial charge in [-0.2, -0.15) is 13.2 Å². The van der Waals surface area contributed by atoms with Gasteiger partial charge in [0.25, 0.3) is 0 Å². The molecule has 4 aromatic rings. The van der Waals surface area contributed by atoms with Crippen LogP contribution < -0.4 is 0 Å². The molecule has 1 aliphatic heterocycles. The topological polar surface area (TPSA) is 80.2 Å². The Kier molecular flexibility index (Phi) is 4.62. The highest BCUT2D eigenvalue weighted by atomic mass is 19.4. The number of likely N-dealkylation sites (tertiary alicyclic amines) is 1. The molecular formula is C21H20F3N5O2. The third-order valence-corrected chi connectivity index (χ3v) is 5.86. The molecule has 31 heavy (non-hydrogen) atoms. The predicted octanol–water partition coefficient (Wildman–Crippen LogP) is 4.45. The van der Waals surface area contributed by atoms with E-state index in [4.69, 9.17) is 4.42 Å². The van der Waals surface area contributed by atoms with Gasteiger partial charge >= 0.3 is 6.18 Å². The standard InChI is InChI=1S/C21H20F3N5O2/c1-12-17(15-4-5-16-14(19(15)30)6-8-31-16)26-27-20-18(12)25-11-29(20)13-3-2-7-28(9-13)10-21(22,23)24/h4-6,8,11,13,30H,2-3,7,9-10H2,1H3/t13-/m1/s1. The smallest absolute Gasteiger partial charge is 0.401 e. The number of aromatic nitrogens is 4. The lowest BCUT2D eigenvalue weighted by Gasteiger charge is -2.33. The van der Waals surface area contributed by atoms with Crippen molar-refractivity contribution in [2.24, 2.45) is 0 Å². The van der Waals surface area contributed by atoms with Gasteiger partial charge in [0.05, 0.1) is 24.5 Å². The van der Waals surface area contributed by atoms with Crippen molar-refractivity contribution in [3.63, 3.8) is 0 Å². The van der Waals surface area contributed by atoms with Crippen molar-refractivity contribution in [3.05, 3.63) is 36.4 Å². The minimum atomic E-state index is -4.22. The number of aromatic hydroxyl groups is 1. The number of benzene rings is 1. The molecule has 3 aromatic heterocycles. The molecule has 162 valence electrons. The SMILES string of the molecule is Cc1c(-c2ccc3occc3c2O)nnc2c1ncn2[C@@H]1CCCN(CC(F)(F)F)C1. The molecule has 1 saturated heterocycles. The van der Waals surface area contributed by atoms with Crippen LogP contribution in [-0.4, -0.2) is 55.6 Å². The Morgan fingerprint density at radius 3 is 2.87 bits per heavy atom. The van der Waals surface area contributed by atoms with Crippen molar-refractivity contribution < 1.29 is 22.7 Å². The summed E-state index contributed by atoms with van der Waals surface area (Å²) in [7, 11) is 0. The third kappa shape index (κ3) is 3.50. The van der Waals surface area contributed by atoms with Crippen molar-refractivity contribution in [1.29, 1.82) is 0 Å². The molecule has 1 N–H and O–H groups in total. The molecule has 4 heterocycles. The Hall–Kier alpha value is -3.14. The summed E-state index contributed by atoms with van der Waals surface area (Å²) in [5.41, 5.74) is 3.47. The highest BCUT2D eigenvalue weighted by molar-refractivity contribution is 5.93. The van der Waals surface area contributed by atoms with Crippen LogP contribution >= 0.6 is 0 Å². The number of piperidine rings is 1. The number of halogens is 3. The Bertz CT molecular complexity index is 1260. The van der Waals surface area contributed by atoms with Crippen molar-refractivity contribution >= 4 is 22.1 Å². The summed E-state index contributed by atoms with van der Waals surface area (Å²) in [5.74, 6) is 0.0532. The van der Waals surface area contributed by atoms with Crippen LogP contribution in [0, 0.1) is 6.92 Å². The maximum absolute atomic E-state index is 12.8. The lowest BCUT2D eigenvalue weighted by atomic mass is 10.0. The molecule has 1 fully saturated rings. The second-order valence-electron chi connectivity index (χ2n) is 7.94. The van der Waals surface area contributed by atoms with Gasteiger partial charge in [-0.05, 0) is 44.5 Å². The molecule has 0 saturated carbocycles. The Balaban J connectivity index is 1.51. The molecule has 0 unspecified atom stereocenters. The van der Waals surface area contributed by atoms with Gasteiger partial charge in [-0.3, -0.25) is 4.90 Å². The molecule has 7 nitrogen and oxygen atoms in total. The molecule has 0 aliphatic carbocycles. The number of phenols is 1.